The fraction of sp³-hybridized carbons (Fsp3) is 0.0588. The first-order chi connectivity index (χ1) is 12.4. The fourth-order valence-electron chi connectivity index (χ4n) is 2.20. The number of hydrogen-bond acceptors (Lipinski definition) is 5. The third kappa shape index (κ3) is 3.79. The lowest BCUT2D eigenvalue weighted by molar-refractivity contribution is 0.0929. The van der Waals surface area contributed by atoms with Gasteiger partial charge in [0.05, 0.1) is 17.8 Å². The van der Waals surface area contributed by atoms with Gasteiger partial charge < -0.3 is 14.3 Å². The van der Waals surface area contributed by atoms with Crippen LogP contribution in [0, 0.1) is 0 Å². The van der Waals surface area contributed by atoms with Gasteiger partial charge in [-0.05, 0) is 62.2 Å². The average Bonchev–Trinajstić information content (AvgIpc) is 3.04. The summed E-state index contributed by atoms with van der Waals surface area (Å²) in [6, 6.07) is 8.69. The molecule has 3 rings (SSSR count). The Morgan fingerprint density at radius 1 is 1.23 bits per heavy atom. The molecule has 0 saturated carbocycles. The summed E-state index contributed by atoms with van der Waals surface area (Å²) >= 11 is 9.98. The molecule has 6 nitrogen and oxygen atoms in total. The SMILES string of the molecule is COc1cc(/C=N/NC(=O)c2cc3cc(Br)ccc3o2)c(Br)c(Br)c1O. The number of furan rings is 1. The largest absolute Gasteiger partial charge is 0.503 e. The van der Waals surface area contributed by atoms with Gasteiger partial charge in [0.1, 0.15) is 5.58 Å². The Morgan fingerprint density at radius 3 is 2.73 bits per heavy atom. The number of carbonyl (C=O) groups excluding carboxylic acids is 1. The Morgan fingerprint density at radius 2 is 2.00 bits per heavy atom. The van der Waals surface area contributed by atoms with Crippen LogP contribution in [0.1, 0.15) is 16.1 Å². The lowest BCUT2D eigenvalue weighted by Crippen LogP contribution is -2.16. The third-order valence-electron chi connectivity index (χ3n) is 3.47. The maximum Gasteiger partial charge on any atom is 0.307 e. The number of benzene rings is 2. The first-order valence-corrected chi connectivity index (χ1v) is 9.56. The van der Waals surface area contributed by atoms with Gasteiger partial charge in [0.15, 0.2) is 17.3 Å². The van der Waals surface area contributed by atoms with Crippen LogP contribution < -0.4 is 10.2 Å². The fourth-order valence-corrected chi connectivity index (χ4v) is 3.41. The molecule has 0 atom stereocenters. The molecule has 2 N–H and O–H groups in total. The zero-order valence-corrected chi connectivity index (χ0v) is 18.0. The zero-order valence-electron chi connectivity index (χ0n) is 13.2. The van der Waals surface area contributed by atoms with Crippen LogP contribution in [0.3, 0.4) is 0 Å². The molecule has 2 aromatic carbocycles. The lowest BCUT2D eigenvalue weighted by Gasteiger charge is -2.09. The van der Waals surface area contributed by atoms with E-state index in [1.54, 1.807) is 18.2 Å². The molecule has 0 aliphatic rings. The van der Waals surface area contributed by atoms with Gasteiger partial charge in [-0.3, -0.25) is 4.79 Å². The van der Waals surface area contributed by atoms with E-state index < -0.39 is 5.91 Å². The first-order valence-electron chi connectivity index (χ1n) is 7.18. The number of phenolic OH excluding ortho intramolecular Hbond substituents is 1. The molecule has 0 radical (unpaired) electrons. The van der Waals surface area contributed by atoms with Gasteiger partial charge in [0.25, 0.3) is 0 Å². The predicted octanol–water partition coefficient (Wildman–Crippen LogP) is 5.20. The quantitative estimate of drug-likeness (QED) is 0.348. The summed E-state index contributed by atoms with van der Waals surface area (Å²) in [5, 5.41) is 14.7. The van der Waals surface area contributed by atoms with Crippen LogP contribution in [0.15, 0.2) is 53.3 Å². The number of carbonyl (C=O) groups is 1. The summed E-state index contributed by atoms with van der Waals surface area (Å²) in [5.74, 6) is -0.0852. The topological polar surface area (TPSA) is 84.1 Å². The van der Waals surface area contributed by atoms with E-state index in [4.69, 9.17) is 9.15 Å². The van der Waals surface area contributed by atoms with Crippen LogP contribution in [0.4, 0.5) is 0 Å². The molecule has 0 saturated heterocycles. The van der Waals surface area contributed by atoms with E-state index >= 15 is 0 Å². The number of rotatable bonds is 4. The maximum absolute atomic E-state index is 12.2. The van der Waals surface area contributed by atoms with E-state index in [0.717, 1.165) is 9.86 Å². The number of halogens is 3. The standard InChI is InChI=1S/C17H11Br3N2O4/c1-25-12-6-9(14(19)15(20)16(12)23)7-21-22-17(24)13-5-8-4-10(18)2-3-11(8)26-13/h2-7,23H,1H3,(H,22,24)/b21-7+. The molecule has 0 unspecified atom stereocenters. The summed E-state index contributed by atoms with van der Waals surface area (Å²) in [6.45, 7) is 0. The summed E-state index contributed by atoms with van der Waals surface area (Å²) in [4.78, 5) is 12.2. The highest BCUT2D eigenvalue weighted by molar-refractivity contribution is 9.13. The second-order valence-electron chi connectivity index (χ2n) is 5.14. The van der Waals surface area contributed by atoms with Crippen molar-refractivity contribution >= 4 is 70.9 Å². The van der Waals surface area contributed by atoms with Crippen LogP contribution in [0.25, 0.3) is 11.0 Å². The predicted molar refractivity (Wildman–Crippen MR) is 109 cm³/mol. The molecule has 0 aliphatic heterocycles. The Kier molecular flexibility index (Phi) is 5.69. The first kappa shape index (κ1) is 18.9. The monoisotopic (exact) mass is 544 g/mol. The second kappa shape index (κ2) is 7.81. The Balaban J connectivity index is 1.79. The molecule has 26 heavy (non-hydrogen) atoms. The van der Waals surface area contributed by atoms with Gasteiger partial charge in [-0.25, -0.2) is 5.43 Å². The van der Waals surface area contributed by atoms with E-state index in [1.165, 1.54) is 13.3 Å². The van der Waals surface area contributed by atoms with Crippen molar-refractivity contribution < 1.29 is 19.1 Å². The van der Waals surface area contributed by atoms with Crippen molar-refractivity contribution in [2.75, 3.05) is 7.11 Å². The number of methoxy groups -OCH3 is 1. The summed E-state index contributed by atoms with van der Waals surface area (Å²) in [7, 11) is 1.44. The van der Waals surface area contributed by atoms with Crippen molar-refractivity contribution in [1.29, 1.82) is 0 Å². The van der Waals surface area contributed by atoms with Crippen molar-refractivity contribution in [2.24, 2.45) is 5.10 Å². The van der Waals surface area contributed by atoms with E-state index in [-0.39, 0.29) is 17.3 Å². The number of amides is 1. The van der Waals surface area contributed by atoms with Crippen LogP contribution >= 0.6 is 47.8 Å². The number of aromatic hydroxyl groups is 1. The van der Waals surface area contributed by atoms with Crippen LogP contribution in [-0.2, 0) is 0 Å². The van der Waals surface area contributed by atoms with Gasteiger partial charge in [-0.2, -0.15) is 5.10 Å². The molecule has 3 aromatic rings. The van der Waals surface area contributed by atoms with E-state index in [1.807, 2.05) is 12.1 Å². The molecular weight excluding hydrogens is 536 g/mol. The molecule has 0 aliphatic carbocycles. The average molecular weight is 547 g/mol. The smallest absolute Gasteiger partial charge is 0.307 e. The van der Waals surface area contributed by atoms with Gasteiger partial charge in [0.2, 0.25) is 0 Å². The maximum atomic E-state index is 12.2. The van der Waals surface area contributed by atoms with Gasteiger partial charge in [-0.1, -0.05) is 15.9 Å². The van der Waals surface area contributed by atoms with Crippen molar-refractivity contribution in [3.63, 3.8) is 0 Å². The molecule has 1 heterocycles. The Hall–Kier alpha value is -1.84. The van der Waals surface area contributed by atoms with Crippen molar-refractivity contribution in [3.05, 3.63) is 55.1 Å². The molecule has 1 aromatic heterocycles. The van der Waals surface area contributed by atoms with E-state index in [0.29, 0.717) is 20.1 Å². The molecule has 0 bridgehead atoms. The summed E-state index contributed by atoms with van der Waals surface area (Å²) < 4.78 is 12.5. The lowest BCUT2D eigenvalue weighted by atomic mass is 10.2. The van der Waals surface area contributed by atoms with Crippen LogP contribution in [0.5, 0.6) is 11.5 Å². The molecule has 0 spiro atoms. The number of phenols is 1. The van der Waals surface area contributed by atoms with Gasteiger partial charge in [-0.15, -0.1) is 0 Å². The second-order valence-corrected chi connectivity index (χ2v) is 7.64. The Labute approximate surface area is 173 Å². The van der Waals surface area contributed by atoms with Crippen molar-refractivity contribution in [3.8, 4) is 11.5 Å². The molecule has 134 valence electrons. The van der Waals surface area contributed by atoms with Crippen molar-refractivity contribution in [2.45, 2.75) is 0 Å². The van der Waals surface area contributed by atoms with Crippen molar-refractivity contribution in [1.82, 2.24) is 5.43 Å². The number of hydrogen-bond donors (Lipinski definition) is 2. The number of nitrogens with zero attached hydrogens (tertiary/aromatic N) is 1. The Bertz CT molecular complexity index is 1030. The minimum Gasteiger partial charge on any atom is -0.503 e. The molecule has 1 amide bonds. The molecule has 0 fully saturated rings. The van der Waals surface area contributed by atoms with E-state index in [9.17, 15) is 9.90 Å². The highest BCUT2D eigenvalue weighted by atomic mass is 79.9. The molecular formula is C17H11Br3N2O4. The van der Waals surface area contributed by atoms with Crippen LogP contribution in [0.2, 0.25) is 0 Å². The summed E-state index contributed by atoms with van der Waals surface area (Å²) in [5.41, 5.74) is 3.61. The van der Waals surface area contributed by atoms with Gasteiger partial charge in [0, 0.05) is 19.9 Å². The minimum atomic E-state index is -0.477. The van der Waals surface area contributed by atoms with Crippen LogP contribution in [-0.4, -0.2) is 24.3 Å². The van der Waals surface area contributed by atoms with Gasteiger partial charge >= 0.3 is 5.91 Å². The zero-order chi connectivity index (χ0) is 18.8. The molecule has 9 heteroatoms. The third-order valence-corrected chi connectivity index (χ3v) is 6.12. The minimum absolute atomic E-state index is 0.0333. The number of nitrogens with one attached hydrogen (secondary N) is 1. The normalized spacial score (nSPS) is 11.2. The highest BCUT2D eigenvalue weighted by Crippen LogP contribution is 2.41. The number of fused-ring (bicyclic) bond motifs is 1. The number of hydrazone groups is 1. The number of ether oxygens (including phenoxy) is 1. The van der Waals surface area contributed by atoms with E-state index in [2.05, 4.69) is 58.3 Å². The highest BCUT2D eigenvalue weighted by Gasteiger charge is 2.15. The summed E-state index contributed by atoms with van der Waals surface area (Å²) in [6.07, 6.45) is 1.42.